The minimum Gasteiger partial charge on any atom is -0.421 e. The number of aromatic nitrogens is 2. The van der Waals surface area contributed by atoms with E-state index in [1.807, 2.05) is 30.3 Å². The molecule has 170 valence electrons. The number of nitrogens with one attached hydrogen (secondary N) is 2. The largest absolute Gasteiger partial charge is 0.421 e. The van der Waals surface area contributed by atoms with Crippen LogP contribution in [0, 0.1) is 5.41 Å². The van der Waals surface area contributed by atoms with Crippen LogP contribution in [-0.2, 0) is 16.0 Å². The molecule has 0 radical (unpaired) electrons. The lowest BCUT2D eigenvalue weighted by Crippen LogP contribution is -2.58. The van der Waals surface area contributed by atoms with Gasteiger partial charge in [0.1, 0.15) is 0 Å². The van der Waals surface area contributed by atoms with E-state index < -0.39 is 0 Å². The zero-order valence-corrected chi connectivity index (χ0v) is 18.5. The maximum absolute atomic E-state index is 13.0. The summed E-state index contributed by atoms with van der Waals surface area (Å²) in [4.78, 5) is 27.8. The lowest BCUT2D eigenvalue weighted by molar-refractivity contribution is -0.132. The fourth-order valence-corrected chi connectivity index (χ4v) is 5.42. The van der Waals surface area contributed by atoms with Gasteiger partial charge in [0.2, 0.25) is 23.6 Å². The highest BCUT2D eigenvalue weighted by Gasteiger charge is 2.45. The number of nitrogens with zero attached hydrogens (tertiary/aromatic N) is 3. The number of rotatable bonds is 5. The number of hydrogen-bond acceptors (Lipinski definition) is 6. The summed E-state index contributed by atoms with van der Waals surface area (Å²) in [6, 6.07) is 9.52. The number of fused-ring (bicyclic) bond motifs is 1. The molecule has 2 aromatic rings. The fourth-order valence-electron chi connectivity index (χ4n) is 5.42. The first-order chi connectivity index (χ1) is 15.5. The number of piperazine rings is 1. The molecule has 0 spiro atoms. The van der Waals surface area contributed by atoms with Crippen LogP contribution in [0.15, 0.2) is 34.7 Å². The molecular formula is C24H31N5O3. The van der Waals surface area contributed by atoms with E-state index in [0.29, 0.717) is 37.7 Å². The molecule has 8 heteroatoms. The Labute approximate surface area is 188 Å². The van der Waals surface area contributed by atoms with E-state index in [0.717, 1.165) is 31.2 Å². The SMILES string of the molecule is CC1(C(=O)N[C@H]2C[C@H]3C(=O)NC[C@@H](Cc4nnc(-c5ccccc5)o4)N3C2)CCCCC1. The molecule has 2 aliphatic heterocycles. The van der Waals surface area contributed by atoms with E-state index >= 15 is 0 Å². The second-order valence-electron chi connectivity index (χ2n) is 9.71. The Bertz CT molecular complexity index is 969. The molecule has 1 aromatic heterocycles. The third-order valence-corrected chi connectivity index (χ3v) is 7.36. The summed E-state index contributed by atoms with van der Waals surface area (Å²) in [5.74, 6) is 1.25. The van der Waals surface area contributed by atoms with Crippen LogP contribution in [0.1, 0.15) is 51.3 Å². The number of carbonyl (C=O) groups is 2. The van der Waals surface area contributed by atoms with Crippen LogP contribution in [-0.4, -0.2) is 58.1 Å². The lowest BCUT2D eigenvalue weighted by Gasteiger charge is -2.36. The van der Waals surface area contributed by atoms with Crippen molar-refractivity contribution in [1.29, 1.82) is 0 Å². The van der Waals surface area contributed by atoms with Gasteiger partial charge in [-0.2, -0.15) is 0 Å². The molecule has 2 saturated heterocycles. The Kier molecular flexibility index (Phi) is 5.71. The number of carbonyl (C=O) groups excluding carboxylic acids is 2. The smallest absolute Gasteiger partial charge is 0.247 e. The van der Waals surface area contributed by atoms with Gasteiger partial charge in [0.15, 0.2) is 0 Å². The predicted molar refractivity (Wildman–Crippen MR) is 118 cm³/mol. The van der Waals surface area contributed by atoms with Crippen molar-refractivity contribution in [2.45, 2.75) is 70.0 Å². The molecule has 3 atom stereocenters. The molecular weight excluding hydrogens is 406 g/mol. The molecule has 32 heavy (non-hydrogen) atoms. The van der Waals surface area contributed by atoms with Gasteiger partial charge in [-0.05, 0) is 31.4 Å². The molecule has 2 N–H and O–H groups in total. The average molecular weight is 438 g/mol. The van der Waals surface area contributed by atoms with Crippen LogP contribution >= 0.6 is 0 Å². The highest BCUT2D eigenvalue weighted by atomic mass is 16.4. The van der Waals surface area contributed by atoms with Gasteiger partial charge in [0, 0.05) is 42.6 Å². The molecule has 3 heterocycles. The second-order valence-corrected chi connectivity index (χ2v) is 9.71. The first-order valence-corrected chi connectivity index (χ1v) is 11.7. The zero-order valence-electron chi connectivity index (χ0n) is 18.5. The van der Waals surface area contributed by atoms with Crippen molar-refractivity contribution in [3.63, 3.8) is 0 Å². The third-order valence-electron chi connectivity index (χ3n) is 7.36. The van der Waals surface area contributed by atoms with Crippen molar-refractivity contribution in [2.24, 2.45) is 5.41 Å². The summed E-state index contributed by atoms with van der Waals surface area (Å²) in [7, 11) is 0. The Morgan fingerprint density at radius 2 is 2.00 bits per heavy atom. The highest BCUT2D eigenvalue weighted by Crippen LogP contribution is 2.36. The van der Waals surface area contributed by atoms with E-state index in [4.69, 9.17) is 4.42 Å². The van der Waals surface area contributed by atoms with Gasteiger partial charge in [-0.3, -0.25) is 14.5 Å². The molecule has 1 aliphatic carbocycles. The molecule has 1 aromatic carbocycles. The van der Waals surface area contributed by atoms with Gasteiger partial charge in [-0.1, -0.05) is 44.4 Å². The summed E-state index contributed by atoms with van der Waals surface area (Å²) in [5.41, 5.74) is 0.613. The minimum atomic E-state index is -0.277. The van der Waals surface area contributed by atoms with Crippen molar-refractivity contribution in [2.75, 3.05) is 13.1 Å². The van der Waals surface area contributed by atoms with E-state index in [9.17, 15) is 9.59 Å². The predicted octanol–water partition coefficient (Wildman–Crippen LogP) is 2.31. The Balaban J connectivity index is 1.25. The molecule has 0 unspecified atom stereocenters. The zero-order chi connectivity index (χ0) is 22.1. The quantitative estimate of drug-likeness (QED) is 0.745. The molecule has 8 nitrogen and oxygen atoms in total. The van der Waals surface area contributed by atoms with Crippen LogP contribution in [0.2, 0.25) is 0 Å². The summed E-state index contributed by atoms with van der Waals surface area (Å²) < 4.78 is 5.90. The van der Waals surface area contributed by atoms with E-state index in [2.05, 4.69) is 32.7 Å². The van der Waals surface area contributed by atoms with Gasteiger partial charge in [-0.25, -0.2) is 0 Å². The van der Waals surface area contributed by atoms with Crippen LogP contribution in [0.5, 0.6) is 0 Å². The highest BCUT2D eigenvalue weighted by molar-refractivity contribution is 5.85. The van der Waals surface area contributed by atoms with E-state index in [1.165, 1.54) is 6.42 Å². The van der Waals surface area contributed by atoms with Crippen molar-refractivity contribution in [1.82, 2.24) is 25.7 Å². The van der Waals surface area contributed by atoms with Crippen molar-refractivity contribution in [3.8, 4) is 11.5 Å². The molecule has 3 fully saturated rings. The number of amides is 2. The van der Waals surface area contributed by atoms with Crippen molar-refractivity contribution >= 4 is 11.8 Å². The van der Waals surface area contributed by atoms with Crippen LogP contribution in [0.3, 0.4) is 0 Å². The minimum absolute atomic E-state index is 0.0137. The molecule has 5 rings (SSSR count). The summed E-state index contributed by atoms with van der Waals surface area (Å²) >= 11 is 0. The Morgan fingerprint density at radius 3 is 2.78 bits per heavy atom. The molecule has 0 bridgehead atoms. The van der Waals surface area contributed by atoms with Crippen LogP contribution in [0.25, 0.3) is 11.5 Å². The average Bonchev–Trinajstić information content (AvgIpc) is 3.45. The lowest BCUT2D eigenvalue weighted by atomic mass is 9.75. The summed E-state index contributed by atoms with van der Waals surface area (Å²) in [5, 5.41) is 14.7. The standard InChI is InChI=1S/C24H31N5O3/c1-24(10-6-3-7-11-24)23(31)26-17-12-19-21(30)25-14-18(29(19)15-17)13-20-27-28-22(32-20)16-8-4-2-5-9-16/h2,4-5,8-9,17-19H,3,6-7,10-15H2,1H3,(H,25,30)(H,26,31)/t17-,18+,19-/m0/s1. The van der Waals surface area contributed by atoms with Gasteiger partial charge in [0.05, 0.1) is 6.04 Å². The van der Waals surface area contributed by atoms with E-state index in [1.54, 1.807) is 0 Å². The monoisotopic (exact) mass is 437 g/mol. The molecule has 2 amide bonds. The number of benzene rings is 1. The topological polar surface area (TPSA) is 100 Å². The summed E-state index contributed by atoms with van der Waals surface area (Å²) in [6.07, 6.45) is 6.54. The fraction of sp³-hybridized carbons (Fsp3) is 0.583. The van der Waals surface area contributed by atoms with Gasteiger partial charge in [-0.15, -0.1) is 10.2 Å². The van der Waals surface area contributed by atoms with Crippen LogP contribution in [0.4, 0.5) is 0 Å². The summed E-state index contributed by atoms with van der Waals surface area (Å²) in [6.45, 7) is 3.29. The van der Waals surface area contributed by atoms with Crippen molar-refractivity contribution < 1.29 is 14.0 Å². The van der Waals surface area contributed by atoms with Gasteiger partial charge >= 0.3 is 0 Å². The number of hydrogen-bond donors (Lipinski definition) is 2. The van der Waals surface area contributed by atoms with Gasteiger partial charge in [0.25, 0.3) is 0 Å². The molecule has 3 aliphatic rings. The first-order valence-electron chi connectivity index (χ1n) is 11.7. The first kappa shape index (κ1) is 21.1. The third kappa shape index (κ3) is 4.16. The molecule has 1 saturated carbocycles. The second kappa shape index (κ2) is 8.65. The Morgan fingerprint density at radius 1 is 1.22 bits per heavy atom. The van der Waals surface area contributed by atoms with Crippen molar-refractivity contribution in [3.05, 3.63) is 36.2 Å². The Hall–Kier alpha value is -2.74. The maximum atomic E-state index is 13.0. The normalized spacial score (nSPS) is 27.5. The van der Waals surface area contributed by atoms with Gasteiger partial charge < -0.3 is 15.1 Å². The van der Waals surface area contributed by atoms with Crippen LogP contribution < -0.4 is 10.6 Å². The van der Waals surface area contributed by atoms with E-state index in [-0.39, 0.29) is 35.4 Å². The maximum Gasteiger partial charge on any atom is 0.247 e.